The van der Waals surface area contributed by atoms with E-state index in [0.29, 0.717) is 13.2 Å². The van der Waals surface area contributed by atoms with E-state index >= 15 is 0 Å². The highest BCUT2D eigenvalue weighted by molar-refractivity contribution is 4.74. The summed E-state index contributed by atoms with van der Waals surface area (Å²) in [6.07, 6.45) is 19.7. The van der Waals surface area contributed by atoms with E-state index in [-0.39, 0.29) is 12.2 Å². The van der Waals surface area contributed by atoms with Gasteiger partial charge in [-0.1, -0.05) is 90.4 Å². The Labute approximate surface area is 150 Å². The van der Waals surface area contributed by atoms with E-state index in [1.54, 1.807) is 0 Å². The maximum absolute atomic E-state index is 9.61. The molecule has 0 bridgehead atoms. The van der Waals surface area contributed by atoms with Crippen molar-refractivity contribution >= 4 is 0 Å². The smallest absolute Gasteiger partial charge is 0.107 e. The number of aliphatic hydroxyl groups excluding tert-OH is 1. The SMILES string of the molecule is CCCCCCCCCCCCCCCCOC[C@@H]1OCC[C@H]1O. The lowest BCUT2D eigenvalue weighted by molar-refractivity contribution is -0.0246. The molecule has 1 heterocycles. The molecule has 0 aromatic heterocycles. The highest BCUT2D eigenvalue weighted by atomic mass is 16.5. The maximum Gasteiger partial charge on any atom is 0.107 e. The van der Waals surface area contributed by atoms with Crippen LogP contribution in [0, 0.1) is 0 Å². The zero-order chi connectivity index (χ0) is 17.3. The molecule has 0 aliphatic carbocycles. The standard InChI is InChI=1S/C21H42O3/c1-2-3-4-5-6-7-8-9-10-11-12-13-14-15-17-23-19-21-20(22)16-18-24-21/h20-22H,2-19H2,1H3/t20-,21+/m1/s1. The zero-order valence-corrected chi connectivity index (χ0v) is 16.1. The summed E-state index contributed by atoms with van der Waals surface area (Å²) in [5, 5.41) is 9.61. The number of ether oxygens (including phenoxy) is 2. The van der Waals surface area contributed by atoms with Crippen LogP contribution in [0.3, 0.4) is 0 Å². The van der Waals surface area contributed by atoms with Crippen molar-refractivity contribution in [3.63, 3.8) is 0 Å². The first kappa shape index (κ1) is 21.9. The van der Waals surface area contributed by atoms with Crippen LogP contribution in [0.15, 0.2) is 0 Å². The minimum Gasteiger partial charge on any atom is -0.390 e. The molecule has 1 fully saturated rings. The van der Waals surface area contributed by atoms with Gasteiger partial charge in [-0.25, -0.2) is 0 Å². The molecule has 24 heavy (non-hydrogen) atoms. The predicted octanol–water partition coefficient (Wildman–Crippen LogP) is 5.63. The van der Waals surface area contributed by atoms with Gasteiger partial charge in [0.2, 0.25) is 0 Å². The van der Waals surface area contributed by atoms with Gasteiger partial charge in [-0.2, -0.15) is 0 Å². The molecular formula is C21H42O3. The molecule has 0 aromatic carbocycles. The fourth-order valence-corrected chi connectivity index (χ4v) is 3.39. The van der Waals surface area contributed by atoms with Crippen molar-refractivity contribution in [2.75, 3.05) is 19.8 Å². The van der Waals surface area contributed by atoms with Crippen molar-refractivity contribution in [2.24, 2.45) is 0 Å². The Morgan fingerprint density at radius 2 is 1.29 bits per heavy atom. The molecule has 1 aliphatic rings. The summed E-state index contributed by atoms with van der Waals surface area (Å²) in [6.45, 7) is 4.32. The Morgan fingerprint density at radius 3 is 1.75 bits per heavy atom. The number of hydrogen-bond donors (Lipinski definition) is 1. The predicted molar refractivity (Wildman–Crippen MR) is 101 cm³/mol. The molecule has 0 saturated carbocycles. The largest absolute Gasteiger partial charge is 0.390 e. The van der Waals surface area contributed by atoms with Crippen LogP contribution in [0.4, 0.5) is 0 Å². The Hall–Kier alpha value is -0.120. The van der Waals surface area contributed by atoms with Gasteiger partial charge >= 0.3 is 0 Å². The number of unbranched alkanes of at least 4 members (excludes halogenated alkanes) is 13. The maximum atomic E-state index is 9.61. The molecule has 0 spiro atoms. The van der Waals surface area contributed by atoms with Crippen molar-refractivity contribution in [1.29, 1.82) is 0 Å². The summed E-state index contributed by atoms with van der Waals surface area (Å²) in [6, 6.07) is 0. The molecule has 0 unspecified atom stereocenters. The fourth-order valence-electron chi connectivity index (χ4n) is 3.39. The second kappa shape index (κ2) is 16.4. The highest BCUT2D eigenvalue weighted by Crippen LogP contribution is 2.14. The summed E-state index contributed by atoms with van der Waals surface area (Å²) in [5.74, 6) is 0. The van der Waals surface area contributed by atoms with E-state index < -0.39 is 0 Å². The third kappa shape index (κ3) is 12.3. The van der Waals surface area contributed by atoms with E-state index in [4.69, 9.17) is 9.47 Å². The molecule has 3 nitrogen and oxygen atoms in total. The van der Waals surface area contributed by atoms with Crippen LogP contribution >= 0.6 is 0 Å². The normalized spacial score (nSPS) is 20.8. The van der Waals surface area contributed by atoms with Crippen LogP contribution in [0.1, 0.15) is 103 Å². The van der Waals surface area contributed by atoms with Gasteiger partial charge in [0.05, 0.1) is 12.7 Å². The van der Waals surface area contributed by atoms with Crippen LogP contribution in [-0.2, 0) is 9.47 Å². The Morgan fingerprint density at radius 1 is 0.792 bits per heavy atom. The fraction of sp³-hybridized carbons (Fsp3) is 1.00. The van der Waals surface area contributed by atoms with Crippen LogP contribution in [-0.4, -0.2) is 37.1 Å². The van der Waals surface area contributed by atoms with Crippen molar-refractivity contribution in [3.8, 4) is 0 Å². The lowest BCUT2D eigenvalue weighted by atomic mass is 10.0. The average Bonchev–Trinajstić information content (AvgIpc) is 2.99. The molecule has 1 N–H and O–H groups in total. The van der Waals surface area contributed by atoms with E-state index in [2.05, 4.69) is 6.92 Å². The first-order valence-corrected chi connectivity index (χ1v) is 10.7. The zero-order valence-electron chi connectivity index (χ0n) is 16.1. The lowest BCUT2D eigenvalue weighted by Gasteiger charge is -2.13. The Kier molecular flexibility index (Phi) is 14.9. The van der Waals surface area contributed by atoms with Gasteiger partial charge < -0.3 is 14.6 Å². The summed E-state index contributed by atoms with van der Waals surface area (Å²) in [7, 11) is 0. The Bertz CT molecular complexity index is 257. The van der Waals surface area contributed by atoms with Crippen LogP contribution in [0.2, 0.25) is 0 Å². The first-order valence-electron chi connectivity index (χ1n) is 10.7. The van der Waals surface area contributed by atoms with E-state index in [1.807, 2.05) is 0 Å². The topological polar surface area (TPSA) is 38.7 Å². The molecule has 1 aliphatic heterocycles. The van der Waals surface area contributed by atoms with Gasteiger partial charge in [0, 0.05) is 13.2 Å². The van der Waals surface area contributed by atoms with Crippen molar-refractivity contribution in [3.05, 3.63) is 0 Å². The van der Waals surface area contributed by atoms with Crippen LogP contribution in [0.5, 0.6) is 0 Å². The highest BCUT2D eigenvalue weighted by Gasteiger charge is 2.25. The van der Waals surface area contributed by atoms with Gasteiger partial charge in [0.15, 0.2) is 0 Å². The van der Waals surface area contributed by atoms with E-state index in [1.165, 1.54) is 83.5 Å². The summed E-state index contributed by atoms with van der Waals surface area (Å²) >= 11 is 0. The average molecular weight is 343 g/mol. The Balaban J connectivity index is 1.67. The van der Waals surface area contributed by atoms with Crippen molar-refractivity contribution in [2.45, 2.75) is 115 Å². The lowest BCUT2D eigenvalue weighted by Crippen LogP contribution is -2.26. The second-order valence-electron chi connectivity index (χ2n) is 7.44. The molecule has 1 rings (SSSR count). The molecular weight excluding hydrogens is 300 g/mol. The minimum atomic E-state index is -0.318. The molecule has 0 radical (unpaired) electrons. The molecule has 3 heteroatoms. The first-order chi connectivity index (χ1) is 11.8. The number of rotatable bonds is 17. The van der Waals surface area contributed by atoms with Crippen molar-refractivity contribution < 1.29 is 14.6 Å². The third-order valence-electron chi connectivity index (χ3n) is 5.10. The summed E-state index contributed by atoms with van der Waals surface area (Å²) in [4.78, 5) is 0. The molecule has 0 aromatic rings. The summed E-state index contributed by atoms with van der Waals surface area (Å²) in [5.41, 5.74) is 0. The van der Waals surface area contributed by atoms with Gasteiger partial charge in [-0.15, -0.1) is 0 Å². The molecule has 1 saturated heterocycles. The molecule has 144 valence electrons. The third-order valence-corrected chi connectivity index (χ3v) is 5.10. The van der Waals surface area contributed by atoms with Gasteiger partial charge in [-0.05, 0) is 12.8 Å². The quantitative estimate of drug-likeness (QED) is 0.348. The monoisotopic (exact) mass is 342 g/mol. The van der Waals surface area contributed by atoms with Crippen molar-refractivity contribution in [1.82, 2.24) is 0 Å². The molecule has 2 atom stereocenters. The van der Waals surface area contributed by atoms with Crippen LogP contribution in [0.25, 0.3) is 0 Å². The molecule has 0 amide bonds. The summed E-state index contributed by atoms with van der Waals surface area (Å²) < 4.78 is 11.0. The number of aliphatic hydroxyl groups is 1. The van der Waals surface area contributed by atoms with E-state index in [9.17, 15) is 5.11 Å². The van der Waals surface area contributed by atoms with E-state index in [0.717, 1.165) is 19.4 Å². The minimum absolute atomic E-state index is 0.0864. The second-order valence-corrected chi connectivity index (χ2v) is 7.44. The van der Waals surface area contributed by atoms with Gasteiger partial charge in [0.1, 0.15) is 6.10 Å². The number of hydrogen-bond acceptors (Lipinski definition) is 3. The van der Waals surface area contributed by atoms with Gasteiger partial charge in [0.25, 0.3) is 0 Å². The van der Waals surface area contributed by atoms with Gasteiger partial charge in [-0.3, -0.25) is 0 Å². The van der Waals surface area contributed by atoms with Crippen LogP contribution < -0.4 is 0 Å².